The van der Waals surface area contributed by atoms with Crippen molar-refractivity contribution in [3.05, 3.63) is 16.3 Å². The number of thiophene rings is 1. The second kappa shape index (κ2) is 7.69. The highest BCUT2D eigenvalue weighted by Gasteiger charge is 2.22. The molecule has 1 aliphatic rings. The van der Waals surface area contributed by atoms with Crippen LogP contribution in [0.5, 0.6) is 0 Å². The van der Waals surface area contributed by atoms with Gasteiger partial charge in [-0.1, -0.05) is 6.92 Å². The van der Waals surface area contributed by atoms with Crippen LogP contribution in [0.1, 0.15) is 24.6 Å². The van der Waals surface area contributed by atoms with Gasteiger partial charge in [-0.3, -0.25) is 0 Å². The van der Waals surface area contributed by atoms with Gasteiger partial charge in [0.25, 0.3) is 0 Å². The van der Waals surface area contributed by atoms with Crippen molar-refractivity contribution in [3.8, 4) is 0 Å². The Morgan fingerprint density at radius 1 is 1.48 bits per heavy atom. The van der Waals surface area contributed by atoms with E-state index in [4.69, 9.17) is 0 Å². The summed E-state index contributed by atoms with van der Waals surface area (Å²) < 4.78 is 27.3. The van der Waals surface area contributed by atoms with Crippen LogP contribution >= 0.6 is 11.3 Å². The Kier molecular flexibility index (Phi) is 6.19. The summed E-state index contributed by atoms with van der Waals surface area (Å²) in [4.78, 5) is 3.69. The second-order valence-electron chi connectivity index (χ2n) is 5.69. The van der Waals surface area contributed by atoms with Gasteiger partial charge in [0.1, 0.15) is 0 Å². The first-order valence-corrected chi connectivity index (χ1v) is 9.84. The zero-order chi connectivity index (χ0) is 15.3. The molecule has 0 amide bonds. The van der Waals surface area contributed by atoms with E-state index in [9.17, 15) is 8.42 Å². The third-order valence-corrected chi connectivity index (χ3v) is 6.21. The van der Waals surface area contributed by atoms with Crippen LogP contribution in [-0.4, -0.2) is 46.5 Å². The second-order valence-corrected chi connectivity index (χ2v) is 8.46. The van der Waals surface area contributed by atoms with Crippen molar-refractivity contribution in [2.75, 3.05) is 33.2 Å². The van der Waals surface area contributed by atoms with Gasteiger partial charge in [-0.15, -0.1) is 11.3 Å². The van der Waals surface area contributed by atoms with Crippen LogP contribution in [0.2, 0.25) is 0 Å². The van der Waals surface area contributed by atoms with Gasteiger partial charge in [0.2, 0.25) is 10.0 Å². The molecule has 1 unspecified atom stereocenters. The number of hydrogen-bond donors (Lipinski definition) is 2. The van der Waals surface area contributed by atoms with E-state index in [1.807, 2.05) is 0 Å². The maximum Gasteiger partial charge on any atom is 0.241 e. The van der Waals surface area contributed by atoms with Crippen LogP contribution in [0, 0.1) is 5.92 Å². The van der Waals surface area contributed by atoms with Crippen molar-refractivity contribution in [2.45, 2.75) is 31.2 Å². The van der Waals surface area contributed by atoms with Crippen molar-refractivity contribution < 1.29 is 8.42 Å². The topological polar surface area (TPSA) is 61.4 Å². The molecule has 7 heteroatoms. The van der Waals surface area contributed by atoms with Gasteiger partial charge < -0.3 is 10.2 Å². The predicted octanol–water partition coefficient (Wildman–Crippen LogP) is 1.48. The molecule has 0 spiro atoms. The number of sulfonamides is 1. The molecule has 0 aliphatic carbocycles. The van der Waals surface area contributed by atoms with Gasteiger partial charge in [0.15, 0.2) is 0 Å². The maximum absolute atomic E-state index is 12.3. The Balaban J connectivity index is 1.87. The molecule has 2 rings (SSSR count). The van der Waals surface area contributed by atoms with Gasteiger partial charge in [0.05, 0.1) is 4.90 Å². The highest BCUT2D eigenvalue weighted by Crippen LogP contribution is 2.20. The molecule has 0 bridgehead atoms. The van der Waals surface area contributed by atoms with Crippen molar-refractivity contribution in [2.24, 2.45) is 5.92 Å². The molecule has 0 saturated carbocycles. The molecule has 1 aromatic rings. The molecular weight excluding hydrogens is 306 g/mol. The van der Waals surface area contributed by atoms with E-state index in [-0.39, 0.29) is 0 Å². The molecule has 120 valence electrons. The molecule has 0 radical (unpaired) electrons. The lowest BCUT2D eigenvalue weighted by Crippen LogP contribution is -2.30. The Morgan fingerprint density at radius 3 is 2.95 bits per heavy atom. The largest absolute Gasteiger partial charge is 0.312 e. The molecule has 0 aromatic carbocycles. The first-order chi connectivity index (χ1) is 10.0. The molecule has 21 heavy (non-hydrogen) atoms. The number of hydrogen-bond acceptors (Lipinski definition) is 5. The molecule has 1 fully saturated rings. The van der Waals surface area contributed by atoms with E-state index in [2.05, 4.69) is 28.9 Å². The quantitative estimate of drug-likeness (QED) is 0.708. The molecule has 2 heterocycles. The van der Waals surface area contributed by atoms with Gasteiger partial charge in [-0.05, 0) is 45.0 Å². The monoisotopic (exact) mass is 331 g/mol. The van der Waals surface area contributed by atoms with Gasteiger partial charge >= 0.3 is 0 Å². The molecule has 1 saturated heterocycles. The van der Waals surface area contributed by atoms with Gasteiger partial charge in [-0.25, -0.2) is 13.1 Å². The van der Waals surface area contributed by atoms with E-state index < -0.39 is 10.0 Å². The zero-order valence-electron chi connectivity index (χ0n) is 12.8. The van der Waals surface area contributed by atoms with E-state index in [0.29, 0.717) is 17.4 Å². The summed E-state index contributed by atoms with van der Waals surface area (Å²) in [5, 5.41) is 5.02. The summed E-state index contributed by atoms with van der Waals surface area (Å²) in [6, 6.07) is 1.77. The molecule has 5 nitrogen and oxygen atoms in total. The number of nitrogens with zero attached hydrogens (tertiary/aromatic N) is 1. The summed E-state index contributed by atoms with van der Waals surface area (Å²) in [7, 11) is -1.29. The highest BCUT2D eigenvalue weighted by atomic mass is 32.2. The fourth-order valence-electron chi connectivity index (χ4n) is 2.49. The Labute approximate surface area is 131 Å². The van der Waals surface area contributed by atoms with E-state index in [1.165, 1.54) is 11.3 Å². The van der Waals surface area contributed by atoms with E-state index in [0.717, 1.165) is 43.9 Å². The van der Waals surface area contributed by atoms with Crippen molar-refractivity contribution in [3.63, 3.8) is 0 Å². The standard InChI is InChI=1S/C14H25N3O2S2/c1-3-5-15-9-13-7-14(11-20-13)21(18,19)16-8-12-4-6-17(2)10-12/h7,11-12,15-16H,3-6,8-10H2,1-2H3. The van der Waals surface area contributed by atoms with Crippen LogP contribution < -0.4 is 10.0 Å². The summed E-state index contributed by atoms with van der Waals surface area (Å²) in [5.41, 5.74) is 0. The van der Waals surface area contributed by atoms with Crippen LogP contribution in [0.3, 0.4) is 0 Å². The maximum atomic E-state index is 12.3. The lowest BCUT2D eigenvalue weighted by Gasteiger charge is -2.11. The smallest absolute Gasteiger partial charge is 0.241 e. The fraction of sp³-hybridized carbons (Fsp3) is 0.714. The zero-order valence-corrected chi connectivity index (χ0v) is 14.4. The van der Waals surface area contributed by atoms with Crippen molar-refractivity contribution in [1.82, 2.24) is 14.9 Å². The summed E-state index contributed by atoms with van der Waals surface area (Å²) in [5.74, 6) is 0.425. The third kappa shape index (κ3) is 5.03. The number of likely N-dealkylation sites (tertiary alicyclic amines) is 1. The predicted molar refractivity (Wildman–Crippen MR) is 87.1 cm³/mol. The first kappa shape index (κ1) is 16.9. The summed E-state index contributed by atoms with van der Waals surface area (Å²) >= 11 is 1.50. The van der Waals surface area contributed by atoms with Crippen LogP contribution in [0.25, 0.3) is 0 Å². The average molecular weight is 332 g/mol. The van der Waals surface area contributed by atoms with E-state index in [1.54, 1.807) is 11.4 Å². The molecular formula is C14H25N3O2S2. The first-order valence-electron chi connectivity index (χ1n) is 7.47. The molecule has 1 atom stereocenters. The molecule has 2 N–H and O–H groups in total. The molecule has 1 aliphatic heterocycles. The van der Waals surface area contributed by atoms with Gasteiger partial charge in [0, 0.05) is 29.9 Å². The lowest BCUT2D eigenvalue weighted by atomic mass is 10.1. The summed E-state index contributed by atoms with van der Waals surface area (Å²) in [6.07, 6.45) is 2.14. The molecule has 1 aromatic heterocycles. The summed E-state index contributed by atoms with van der Waals surface area (Å²) in [6.45, 7) is 6.36. The SMILES string of the molecule is CCCNCc1cc(S(=O)(=O)NCC2CCN(C)C2)cs1. The minimum atomic E-state index is -3.36. The Bertz CT molecular complexity index is 542. The van der Waals surface area contributed by atoms with Crippen LogP contribution in [0.15, 0.2) is 16.3 Å². The van der Waals surface area contributed by atoms with Gasteiger partial charge in [-0.2, -0.15) is 0 Å². The minimum Gasteiger partial charge on any atom is -0.312 e. The fourth-order valence-corrected chi connectivity index (χ4v) is 4.85. The Morgan fingerprint density at radius 2 is 2.29 bits per heavy atom. The normalized spacial score (nSPS) is 20.2. The number of rotatable bonds is 8. The minimum absolute atomic E-state index is 0.396. The van der Waals surface area contributed by atoms with E-state index >= 15 is 0 Å². The highest BCUT2D eigenvalue weighted by molar-refractivity contribution is 7.89. The lowest BCUT2D eigenvalue weighted by molar-refractivity contribution is 0.394. The van der Waals surface area contributed by atoms with Crippen molar-refractivity contribution >= 4 is 21.4 Å². The third-order valence-electron chi connectivity index (χ3n) is 3.72. The number of nitrogens with one attached hydrogen (secondary N) is 2. The van der Waals surface area contributed by atoms with Crippen LogP contribution in [-0.2, 0) is 16.6 Å². The van der Waals surface area contributed by atoms with Crippen LogP contribution in [0.4, 0.5) is 0 Å². The average Bonchev–Trinajstić information content (AvgIpc) is 3.06. The van der Waals surface area contributed by atoms with Crippen molar-refractivity contribution in [1.29, 1.82) is 0 Å². The Hall–Kier alpha value is -0.470.